The van der Waals surface area contributed by atoms with Gasteiger partial charge in [-0.2, -0.15) is 0 Å². The first-order chi connectivity index (χ1) is 8.74. The predicted octanol–water partition coefficient (Wildman–Crippen LogP) is 0.885. The second-order valence-corrected chi connectivity index (χ2v) is 4.99. The van der Waals surface area contributed by atoms with Gasteiger partial charge in [0.1, 0.15) is 23.3 Å². The van der Waals surface area contributed by atoms with Gasteiger partial charge >= 0.3 is 5.97 Å². The summed E-state index contributed by atoms with van der Waals surface area (Å²) in [6.07, 6.45) is 1.75. The zero-order chi connectivity index (χ0) is 12.5. The number of carboxylic acid groups (broad SMARTS) is 1. The molecule has 94 valence electrons. The van der Waals surface area contributed by atoms with Crippen LogP contribution in [0.2, 0.25) is 0 Å². The first kappa shape index (κ1) is 11.4. The second kappa shape index (κ2) is 4.51. The Bertz CT molecular complexity index is 586. The quantitative estimate of drug-likeness (QED) is 0.857. The van der Waals surface area contributed by atoms with Crippen LogP contribution in [0.5, 0.6) is 5.88 Å². The van der Waals surface area contributed by atoms with Crippen molar-refractivity contribution in [3.63, 3.8) is 0 Å². The Labute approximate surface area is 107 Å². The fourth-order valence-electron chi connectivity index (χ4n) is 2.00. The molecule has 2 aromatic rings. The minimum absolute atomic E-state index is 0.163. The molecule has 0 amide bonds. The lowest BCUT2D eigenvalue weighted by atomic mass is 10.2. The van der Waals surface area contributed by atoms with Gasteiger partial charge in [-0.05, 0) is 11.4 Å². The van der Waals surface area contributed by atoms with Gasteiger partial charge in [0.15, 0.2) is 0 Å². The Morgan fingerprint density at radius 1 is 1.56 bits per heavy atom. The Hall–Kier alpha value is -1.73. The molecule has 0 saturated carbocycles. The topological polar surface area (TPSA) is 84.3 Å². The van der Waals surface area contributed by atoms with Crippen molar-refractivity contribution in [2.45, 2.75) is 18.6 Å². The number of fused-ring (bicyclic) bond motifs is 1. The summed E-state index contributed by atoms with van der Waals surface area (Å²) in [5, 5.41) is 14.6. The van der Waals surface area contributed by atoms with Gasteiger partial charge in [0, 0.05) is 13.0 Å². The molecule has 2 aromatic heterocycles. The molecule has 0 spiro atoms. The maximum absolute atomic E-state index is 10.8. The molecule has 2 atom stereocenters. The lowest BCUT2D eigenvalue weighted by Crippen LogP contribution is -2.30. The van der Waals surface area contributed by atoms with E-state index in [1.54, 1.807) is 0 Å². The summed E-state index contributed by atoms with van der Waals surface area (Å²) in [6.45, 7) is 0.520. The number of hydrogen-bond acceptors (Lipinski definition) is 6. The molecule has 1 aliphatic heterocycles. The monoisotopic (exact) mass is 265 g/mol. The molecule has 1 aliphatic rings. The number of carbonyl (C=O) groups is 1. The van der Waals surface area contributed by atoms with Crippen molar-refractivity contribution in [2.24, 2.45) is 0 Å². The highest BCUT2D eigenvalue weighted by atomic mass is 32.1. The molecule has 0 radical (unpaired) electrons. The van der Waals surface area contributed by atoms with Crippen molar-refractivity contribution in [3.05, 3.63) is 17.8 Å². The Balaban J connectivity index is 1.77. The zero-order valence-corrected chi connectivity index (χ0v) is 10.2. The lowest BCUT2D eigenvalue weighted by molar-refractivity contribution is -0.139. The van der Waals surface area contributed by atoms with Gasteiger partial charge in [-0.25, -0.2) is 9.97 Å². The summed E-state index contributed by atoms with van der Waals surface area (Å²) in [7, 11) is 0. The molecule has 0 aliphatic carbocycles. The van der Waals surface area contributed by atoms with Gasteiger partial charge in [0.2, 0.25) is 5.88 Å². The molecule has 3 rings (SSSR count). The maximum Gasteiger partial charge on any atom is 0.320 e. The number of nitrogens with one attached hydrogen (secondary N) is 1. The molecule has 1 fully saturated rings. The Kier molecular flexibility index (Phi) is 2.85. The number of rotatable bonds is 3. The van der Waals surface area contributed by atoms with Crippen LogP contribution in [0, 0.1) is 0 Å². The predicted molar refractivity (Wildman–Crippen MR) is 65.9 cm³/mol. The van der Waals surface area contributed by atoms with Crippen LogP contribution in [0.25, 0.3) is 10.2 Å². The molecule has 18 heavy (non-hydrogen) atoms. The Morgan fingerprint density at radius 2 is 2.44 bits per heavy atom. The smallest absolute Gasteiger partial charge is 0.320 e. The number of nitrogens with zero attached hydrogens (tertiary/aromatic N) is 2. The molecule has 2 unspecified atom stereocenters. The summed E-state index contributed by atoms with van der Waals surface area (Å²) in [5.74, 6) is -0.316. The molecule has 2 N–H and O–H groups in total. The van der Waals surface area contributed by atoms with Gasteiger partial charge in [0.25, 0.3) is 0 Å². The Morgan fingerprint density at radius 3 is 3.22 bits per heavy atom. The van der Waals surface area contributed by atoms with E-state index in [0.717, 1.165) is 10.2 Å². The molecular weight excluding hydrogens is 254 g/mol. The summed E-state index contributed by atoms with van der Waals surface area (Å²) in [5.41, 5.74) is 0. The van der Waals surface area contributed by atoms with Crippen LogP contribution >= 0.6 is 11.3 Å². The van der Waals surface area contributed by atoms with Crippen molar-refractivity contribution in [1.82, 2.24) is 15.3 Å². The van der Waals surface area contributed by atoms with Crippen LogP contribution in [0.1, 0.15) is 6.42 Å². The van der Waals surface area contributed by atoms with Crippen LogP contribution < -0.4 is 10.1 Å². The van der Waals surface area contributed by atoms with E-state index in [1.165, 1.54) is 17.7 Å². The van der Waals surface area contributed by atoms with E-state index in [1.807, 2.05) is 11.4 Å². The number of ether oxygens (including phenoxy) is 1. The fourth-order valence-corrected chi connectivity index (χ4v) is 2.72. The van der Waals surface area contributed by atoms with Crippen LogP contribution in [0.3, 0.4) is 0 Å². The highest BCUT2D eigenvalue weighted by Crippen LogP contribution is 2.27. The minimum atomic E-state index is -0.843. The van der Waals surface area contributed by atoms with E-state index in [0.29, 0.717) is 18.8 Å². The summed E-state index contributed by atoms with van der Waals surface area (Å²) >= 11 is 1.52. The summed E-state index contributed by atoms with van der Waals surface area (Å²) in [4.78, 5) is 20.0. The summed E-state index contributed by atoms with van der Waals surface area (Å²) < 4.78 is 5.76. The first-order valence-corrected chi connectivity index (χ1v) is 6.43. The van der Waals surface area contributed by atoms with Gasteiger partial charge in [-0.1, -0.05) is 0 Å². The van der Waals surface area contributed by atoms with Crippen molar-refractivity contribution < 1.29 is 14.6 Å². The third-order valence-corrected chi connectivity index (χ3v) is 3.71. The molecule has 0 aromatic carbocycles. The van der Waals surface area contributed by atoms with Crippen LogP contribution in [0.15, 0.2) is 17.8 Å². The van der Waals surface area contributed by atoms with Gasteiger partial charge in [0.05, 0.1) is 5.39 Å². The molecular formula is C11H11N3O3S. The number of aliphatic carboxylic acids is 1. The fraction of sp³-hybridized carbons (Fsp3) is 0.364. The van der Waals surface area contributed by atoms with E-state index >= 15 is 0 Å². The van der Waals surface area contributed by atoms with Crippen molar-refractivity contribution in [1.29, 1.82) is 0 Å². The highest BCUT2D eigenvalue weighted by molar-refractivity contribution is 7.16. The van der Waals surface area contributed by atoms with E-state index in [4.69, 9.17) is 9.84 Å². The standard InChI is InChI=1S/C11H11N3O3S/c15-11(16)8-3-6(4-12-8)17-9-7-1-2-18-10(7)14-5-13-9/h1-2,5-6,8,12H,3-4H2,(H,15,16). The van der Waals surface area contributed by atoms with Crippen LogP contribution in [-0.4, -0.2) is 39.7 Å². The van der Waals surface area contributed by atoms with Gasteiger partial charge in [-0.3, -0.25) is 4.79 Å². The lowest BCUT2D eigenvalue weighted by Gasteiger charge is -2.11. The number of carboxylic acids is 1. The molecule has 6 nitrogen and oxygen atoms in total. The van der Waals surface area contributed by atoms with Crippen molar-refractivity contribution in [3.8, 4) is 5.88 Å². The number of hydrogen-bond donors (Lipinski definition) is 2. The first-order valence-electron chi connectivity index (χ1n) is 5.55. The van der Waals surface area contributed by atoms with E-state index in [2.05, 4.69) is 15.3 Å². The third kappa shape index (κ3) is 2.02. The van der Waals surface area contributed by atoms with Crippen molar-refractivity contribution >= 4 is 27.5 Å². The third-order valence-electron chi connectivity index (χ3n) is 2.89. The highest BCUT2D eigenvalue weighted by Gasteiger charge is 2.31. The zero-order valence-electron chi connectivity index (χ0n) is 9.37. The number of aromatic nitrogens is 2. The SMILES string of the molecule is O=C(O)C1CC(Oc2ncnc3sccc23)CN1. The van der Waals surface area contributed by atoms with Gasteiger partial charge in [-0.15, -0.1) is 11.3 Å². The minimum Gasteiger partial charge on any atom is -0.480 e. The molecule has 1 saturated heterocycles. The van der Waals surface area contributed by atoms with Gasteiger partial charge < -0.3 is 15.2 Å². The normalized spacial score (nSPS) is 23.3. The average Bonchev–Trinajstić information content (AvgIpc) is 2.97. The summed E-state index contributed by atoms with van der Waals surface area (Å²) in [6, 6.07) is 1.38. The van der Waals surface area contributed by atoms with Crippen molar-refractivity contribution in [2.75, 3.05) is 6.54 Å². The van der Waals surface area contributed by atoms with E-state index < -0.39 is 12.0 Å². The average molecular weight is 265 g/mol. The molecule has 3 heterocycles. The van der Waals surface area contributed by atoms with E-state index in [9.17, 15) is 4.79 Å². The molecule has 7 heteroatoms. The molecule has 0 bridgehead atoms. The van der Waals surface area contributed by atoms with E-state index in [-0.39, 0.29) is 6.10 Å². The largest absolute Gasteiger partial charge is 0.480 e. The second-order valence-electron chi connectivity index (χ2n) is 4.09. The van der Waals surface area contributed by atoms with Crippen LogP contribution in [0.4, 0.5) is 0 Å². The maximum atomic E-state index is 10.8. The van der Waals surface area contributed by atoms with Crippen LogP contribution in [-0.2, 0) is 4.79 Å². The number of thiophene rings is 1.